The minimum atomic E-state index is -0.565. The number of hydrogen-bond donors (Lipinski definition) is 3. The highest BCUT2D eigenvalue weighted by Gasteiger charge is 2.20. The molecule has 0 aliphatic heterocycles. The zero-order chi connectivity index (χ0) is 27.2. The van der Waals surface area contributed by atoms with Gasteiger partial charge in [0.2, 0.25) is 17.8 Å². The summed E-state index contributed by atoms with van der Waals surface area (Å²) in [5.41, 5.74) is 0.708. The first-order chi connectivity index (χ1) is 17.7. The lowest BCUT2D eigenvalue weighted by atomic mass is 10.2. The van der Waals surface area contributed by atoms with Gasteiger partial charge in [0.1, 0.15) is 11.9 Å². The normalized spacial score (nSPS) is 11.6. The summed E-state index contributed by atoms with van der Waals surface area (Å²) in [4.78, 5) is 36.9. The van der Waals surface area contributed by atoms with Gasteiger partial charge in [-0.05, 0) is 33.9 Å². The van der Waals surface area contributed by atoms with Crippen molar-refractivity contribution in [1.29, 1.82) is 0 Å². The van der Waals surface area contributed by atoms with Crippen molar-refractivity contribution in [2.45, 2.75) is 39.2 Å². The van der Waals surface area contributed by atoms with Crippen LogP contribution in [0.1, 0.15) is 38.7 Å². The van der Waals surface area contributed by atoms with E-state index in [-0.39, 0.29) is 11.8 Å². The maximum atomic E-state index is 12.4. The average molecular weight is 510 g/mol. The number of nitrogens with zero attached hydrogens (tertiary/aromatic N) is 6. The number of amides is 2. The van der Waals surface area contributed by atoms with E-state index in [0.717, 1.165) is 13.0 Å². The summed E-state index contributed by atoms with van der Waals surface area (Å²) in [5.74, 6) is 7.63. The van der Waals surface area contributed by atoms with Gasteiger partial charge in [0, 0.05) is 58.5 Å². The first-order valence-corrected chi connectivity index (χ1v) is 12.4. The summed E-state index contributed by atoms with van der Waals surface area (Å²) in [6.07, 6.45) is 9.03. The van der Waals surface area contributed by atoms with Gasteiger partial charge in [-0.15, -0.1) is 0 Å². The van der Waals surface area contributed by atoms with Crippen molar-refractivity contribution in [3.63, 3.8) is 0 Å². The fourth-order valence-corrected chi connectivity index (χ4v) is 3.05. The van der Waals surface area contributed by atoms with Crippen molar-refractivity contribution in [3.8, 4) is 11.8 Å². The highest BCUT2D eigenvalue weighted by Crippen LogP contribution is 2.16. The van der Waals surface area contributed by atoms with Crippen LogP contribution in [0.25, 0.3) is 0 Å². The number of nitrogens with one attached hydrogen (secondary N) is 3. The molecule has 2 rings (SSSR count). The van der Waals surface area contributed by atoms with Gasteiger partial charge in [-0.25, -0.2) is 4.98 Å². The van der Waals surface area contributed by atoms with E-state index in [1.807, 2.05) is 38.3 Å². The molecule has 2 aromatic heterocycles. The Morgan fingerprint density at radius 2 is 2.03 bits per heavy atom. The van der Waals surface area contributed by atoms with Gasteiger partial charge >= 0.3 is 0 Å². The van der Waals surface area contributed by atoms with E-state index in [0.29, 0.717) is 49.1 Å². The summed E-state index contributed by atoms with van der Waals surface area (Å²) in [5, 5.41) is 13.5. The minimum absolute atomic E-state index is 0.194. The van der Waals surface area contributed by atoms with Crippen molar-refractivity contribution in [3.05, 3.63) is 36.2 Å². The minimum Gasteiger partial charge on any atom is -0.369 e. The third-order valence-corrected chi connectivity index (χ3v) is 5.32. The number of rotatable bonds is 13. The Balaban J connectivity index is 1.85. The molecule has 0 aliphatic rings. The Morgan fingerprint density at radius 1 is 1.24 bits per heavy atom. The fourth-order valence-electron chi connectivity index (χ4n) is 3.05. The van der Waals surface area contributed by atoms with E-state index in [2.05, 4.69) is 49.8 Å². The van der Waals surface area contributed by atoms with Gasteiger partial charge in [0.05, 0.1) is 11.8 Å². The SMILES string of the molecule is CCCNc1nc(Nc2ccn(C)n2)ncc1C#CCCCNC(=O)[C@H](C)N(C)C(=O)/C=C/CN(C)C. The molecule has 0 fully saturated rings. The van der Waals surface area contributed by atoms with Gasteiger partial charge in [-0.2, -0.15) is 10.1 Å². The zero-order valence-corrected chi connectivity index (χ0v) is 22.7. The summed E-state index contributed by atoms with van der Waals surface area (Å²) in [6, 6.07) is 1.28. The molecule has 0 saturated carbocycles. The van der Waals surface area contributed by atoms with Crippen LogP contribution in [-0.4, -0.2) is 88.2 Å². The third-order valence-electron chi connectivity index (χ3n) is 5.32. The molecule has 0 bridgehead atoms. The van der Waals surface area contributed by atoms with E-state index >= 15 is 0 Å². The first kappa shape index (κ1) is 29.3. The van der Waals surface area contributed by atoms with Crippen molar-refractivity contribution in [2.24, 2.45) is 7.05 Å². The molecular weight excluding hydrogens is 470 g/mol. The molecule has 200 valence electrons. The first-order valence-electron chi connectivity index (χ1n) is 12.4. The van der Waals surface area contributed by atoms with Crippen LogP contribution in [0.2, 0.25) is 0 Å². The Labute approximate surface area is 219 Å². The lowest BCUT2D eigenvalue weighted by molar-refractivity contribution is -0.135. The van der Waals surface area contributed by atoms with E-state index in [9.17, 15) is 9.59 Å². The lowest BCUT2D eigenvalue weighted by Crippen LogP contribution is -2.45. The number of unbranched alkanes of at least 4 members (excludes halogenated alkanes) is 1. The highest BCUT2D eigenvalue weighted by atomic mass is 16.2. The second-order valence-corrected chi connectivity index (χ2v) is 8.87. The maximum absolute atomic E-state index is 12.4. The van der Waals surface area contributed by atoms with Crippen LogP contribution in [0.3, 0.4) is 0 Å². The number of carbonyl (C=O) groups excluding carboxylic acids is 2. The molecule has 1 atom stereocenters. The Bertz CT molecular complexity index is 1110. The Morgan fingerprint density at radius 3 is 2.70 bits per heavy atom. The maximum Gasteiger partial charge on any atom is 0.246 e. The molecule has 3 N–H and O–H groups in total. The monoisotopic (exact) mass is 509 g/mol. The standard InChI is InChI=1S/C26H39N9O2/c1-7-15-27-24-21(19-29-26(31-24)30-22-14-18-34(5)32-22)12-9-8-10-16-28-25(37)20(2)35(6)23(36)13-11-17-33(3)4/h11,13-14,18-20H,7-8,10,15-17H2,1-6H3,(H,28,37)(H2,27,29,30,31,32)/b13-11+/t20-/m0/s1. The van der Waals surface area contributed by atoms with Gasteiger partial charge in [-0.3, -0.25) is 14.3 Å². The van der Waals surface area contributed by atoms with Crippen LogP contribution in [0, 0.1) is 11.8 Å². The fraction of sp³-hybridized carbons (Fsp3) is 0.500. The smallest absolute Gasteiger partial charge is 0.246 e. The Kier molecular flexibility index (Phi) is 12.1. The third kappa shape index (κ3) is 10.3. The molecule has 0 saturated heterocycles. The van der Waals surface area contributed by atoms with Crippen LogP contribution >= 0.6 is 0 Å². The lowest BCUT2D eigenvalue weighted by Gasteiger charge is -2.23. The molecule has 0 radical (unpaired) electrons. The summed E-state index contributed by atoms with van der Waals surface area (Å²) < 4.78 is 1.70. The molecule has 0 spiro atoms. The molecule has 2 heterocycles. The summed E-state index contributed by atoms with van der Waals surface area (Å²) in [7, 11) is 7.32. The number of hydrogen-bond acceptors (Lipinski definition) is 8. The predicted molar refractivity (Wildman–Crippen MR) is 146 cm³/mol. The quantitative estimate of drug-likeness (QED) is 0.213. The predicted octanol–water partition coefficient (Wildman–Crippen LogP) is 1.99. The highest BCUT2D eigenvalue weighted by molar-refractivity contribution is 5.92. The molecule has 0 aliphatic carbocycles. The van der Waals surface area contributed by atoms with Crippen LogP contribution in [0.5, 0.6) is 0 Å². The van der Waals surface area contributed by atoms with E-state index < -0.39 is 6.04 Å². The van der Waals surface area contributed by atoms with Gasteiger partial charge in [0.25, 0.3) is 0 Å². The summed E-state index contributed by atoms with van der Waals surface area (Å²) >= 11 is 0. The second-order valence-electron chi connectivity index (χ2n) is 8.87. The van der Waals surface area contributed by atoms with Crippen LogP contribution in [0.4, 0.5) is 17.6 Å². The average Bonchev–Trinajstić information content (AvgIpc) is 3.28. The van der Waals surface area contributed by atoms with E-state index in [1.165, 1.54) is 11.0 Å². The topological polar surface area (TPSA) is 120 Å². The van der Waals surface area contributed by atoms with Crippen LogP contribution in [-0.2, 0) is 16.6 Å². The second kappa shape index (κ2) is 15.3. The molecule has 0 unspecified atom stereocenters. The van der Waals surface area contributed by atoms with Crippen molar-refractivity contribution in [2.75, 3.05) is 51.4 Å². The van der Waals surface area contributed by atoms with Gasteiger partial charge in [-0.1, -0.05) is 24.8 Å². The number of aromatic nitrogens is 4. The zero-order valence-electron chi connectivity index (χ0n) is 22.7. The van der Waals surface area contributed by atoms with Crippen LogP contribution in [0.15, 0.2) is 30.6 Å². The van der Waals surface area contributed by atoms with Gasteiger partial charge < -0.3 is 25.8 Å². The molecule has 11 nitrogen and oxygen atoms in total. The van der Waals surface area contributed by atoms with Crippen molar-refractivity contribution in [1.82, 2.24) is 34.9 Å². The van der Waals surface area contributed by atoms with Gasteiger partial charge in [0.15, 0.2) is 5.82 Å². The molecule has 0 aromatic carbocycles. The largest absolute Gasteiger partial charge is 0.369 e. The molecule has 2 amide bonds. The number of carbonyl (C=O) groups is 2. The van der Waals surface area contributed by atoms with Crippen molar-refractivity contribution < 1.29 is 9.59 Å². The molecule has 2 aromatic rings. The summed E-state index contributed by atoms with van der Waals surface area (Å²) in [6.45, 7) is 5.69. The van der Waals surface area contributed by atoms with Crippen molar-refractivity contribution >= 4 is 29.4 Å². The molecular formula is C26H39N9O2. The molecule has 37 heavy (non-hydrogen) atoms. The molecule has 11 heteroatoms. The number of aryl methyl sites for hydroxylation is 1. The number of likely N-dealkylation sites (N-methyl/N-ethyl adjacent to an activating group) is 2. The Hall–Kier alpha value is -3.91. The van der Waals surface area contributed by atoms with E-state index in [1.54, 1.807) is 30.9 Å². The van der Waals surface area contributed by atoms with Crippen LogP contribution < -0.4 is 16.0 Å². The van der Waals surface area contributed by atoms with E-state index in [4.69, 9.17) is 0 Å². The number of anilines is 3.